The minimum absolute atomic E-state index is 0.0139. The number of aromatic nitrogens is 1. The van der Waals surface area contributed by atoms with Crippen LogP contribution in [0, 0.1) is 4.91 Å². The molecule has 66 valence electrons. The van der Waals surface area contributed by atoms with E-state index in [9.17, 15) is 9.70 Å². The van der Waals surface area contributed by atoms with Crippen LogP contribution < -0.4 is 5.63 Å². The van der Waals surface area contributed by atoms with Crippen molar-refractivity contribution < 1.29 is 9.73 Å². The molecule has 0 aliphatic carbocycles. The third kappa shape index (κ3) is 0.919. The number of benzene rings is 1. The zero-order chi connectivity index (χ0) is 9.42. The zero-order valence-corrected chi connectivity index (χ0v) is 6.30. The molecule has 0 saturated carbocycles. The number of nitrogens with zero attached hydrogens (tertiary/aromatic N) is 2. The van der Waals surface area contributed by atoms with Gasteiger partial charge in [-0.1, -0.05) is 6.07 Å². The number of nitroso groups, excluding NO2 is 1. The first-order chi connectivity index (χ1) is 6.24. The average Bonchev–Trinajstić information content (AvgIpc) is 2.43. The van der Waals surface area contributed by atoms with Gasteiger partial charge in [0.2, 0.25) is 0 Å². The molecule has 1 N–H and O–H groups in total. The summed E-state index contributed by atoms with van der Waals surface area (Å²) >= 11 is 0. The first-order valence-corrected chi connectivity index (χ1v) is 3.41. The molecule has 0 unspecified atom stereocenters. The van der Waals surface area contributed by atoms with Crippen LogP contribution in [0.2, 0.25) is 0 Å². The largest absolute Gasteiger partial charge is 0.400 e. The van der Waals surface area contributed by atoms with Crippen molar-refractivity contribution in [3.05, 3.63) is 33.5 Å². The van der Waals surface area contributed by atoms with E-state index in [0.717, 1.165) is 0 Å². The quantitative estimate of drug-likeness (QED) is 0.528. The average molecular weight is 180 g/mol. The Kier molecular flexibility index (Phi) is 1.42. The van der Waals surface area contributed by atoms with Gasteiger partial charge in [-0.15, -0.1) is 4.91 Å². The van der Waals surface area contributed by atoms with Crippen LogP contribution in [0.4, 0.5) is 5.69 Å². The summed E-state index contributed by atoms with van der Waals surface area (Å²) in [6, 6.07) is 4.29. The normalized spacial score (nSPS) is 10.5. The van der Waals surface area contributed by atoms with Crippen LogP contribution in [0.15, 0.2) is 32.7 Å². The van der Waals surface area contributed by atoms with Crippen LogP contribution in [-0.2, 0) is 0 Å². The lowest BCUT2D eigenvalue weighted by atomic mass is 10.2. The molecule has 0 amide bonds. The first-order valence-electron chi connectivity index (χ1n) is 3.41. The fourth-order valence-corrected chi connectivity index (χ4v) is 1.15. The van der Waals surface area contributed by atoms with Crippen molar-refractivity contribution >= 4 is 16.6 Å². The molecule has 1 aromatic heterocycles. The van der Waals surface area contributed by atoms with Gasteiger partial charge in [-0.3, -0.25) is 0 Å². The summed E-state index contributed by atoms with van der Waals surface area (Å²) in [5.74, 6) is 0. The van der Waals surface area contributed by atoms with Gasteiger partial charge >= 0.3 is 5.63 Å². The SMILES string of the molecule is O=Nc1cccc2c1c(=O)on2O. The van der Waals surface area contributed by atoms with Crippen LogP contribution in [0.3, 0.4) is 0 Å². The molecule has 6 heteroatoms. The van der Waals surface area contributed by atoms with Crippen LogP contribution in [0.25, 0.3) is 10.9 Å². The van der Waals surface area contributed by atoms with Crippen molar-refractivity contribution in [2.45, 2.75) is 0 Å². The Balaban J connectivity index is 3.05. The molecule has 1 heterocycles. The number of hydrogen-bond acceptors (Lipinski definition) is 5. The molecule has 0 bridgehead atoms. The predicted octanol–water partition coefficient (Wildman–Crippen LogP) is 1.23. The van der Waals surface area contributed by atoms with E-state index in [0.29, 0.717) is 4.90 Å². The summed E-state index contributed by atoms with van der Waals surface area (Å²) in [5.41, 5.74) is -0.700. The Labute approximate surface area is 70.9 Å². The third-order valence-corrected chi connectivity index (χ3v) is 1.70. The Bertz CT molecular complexity index is 525. The molecule has 0 saturated heterocycles. The maximum Gasteiger partial charge on any atom is 0.371 e. The van der Waals surface area contributed by atoms with E-state index in [1.807, 2.05) is 0 Å². The minimum Gasteiger partial charge on any atom is -0.400 e. The van der Waals surface area contributed by atoms with E-state index >= 15 is 0 Å². The Morgan fingerprint density at radius 3 is 2.92 bits per heavy atom. The Morgan fingerprint density at radius 2 is 2.23 bits per heavy atom. The van der Waals surface area contributed by atoms with Gasteiger partial charge in [0.1, 0.15) is 16.6 Å². The summed E-state index contributed by atoms with van der Waals surface area (Å²) in [6.07, 6.45) is 0. The van der Waals surface area contributed by atoms with E-state index < -0.39 is 5.63 Å². The molecular formula is C7H4N2O4. The van der Waals surface area contributed by atoms with Crippen molar-refractivity contribution in [2.75, 3.05) is 0 Å². The standard InChI is InChI=1S/C7H4N2O4/c10-7-6-4(8-11)2-1-3-5(6)9(12)13-7/h1-3,12H. The van der Waals surface area contributed by atoms with Gasteiger partial charge in [-0.05, 0) is 22.2 Å². The third-order valence-electron chi connectivity index (χ3n) is 1.70. The number of fused-ring (bicyclic) bond motifs is 1. The second-order valence-electron chi connectivity index (χ2n) is 2.41. The van der Waals surface area contributed by atoms with Crippen molar-refractivity contribution in [2.24, 2.45) is 5.18 Å². The molecule has 2 aromatic rings. The lowest BCUT2D eigenvalue weighted by Gasteiger charge is -1.89. The fourth-order valence-electron chi connectivity index (χ4n) is 1.15. The van der Waals surface area contributed by atoms with Crippen molar-refractivity contribution in [1.29, 1.82) is 0 Å². The van der Waals surface area contributed by atoms with Crippen LogP contribution in [-0.4, -0.2) is 10.1 Å². The molecule has 13 heavy (non-hydrogen) atoms. The topological polar surface area (TPSA) is 84.8 Å². The summed E-state index contributed by atoms with van der Waals surface area (Å²) in [4.78, 5) is 21.6. The second-order valence-corrected chi connectivity index (χ2v) is 2.41. The van der Waals surface area contributed by atoms with Gasteiger partial charge in [0, 0.05) is 0 Å². The maximum atomic E-state index is 11.0. The smallest absolute Gasteiger partial charge is 0.371 e. The lowest BCUT2D eigenvalue weighted by Crippen LogP contribution is -1.92. The van der Waals surface area contributed by atoms with E-state index in [-0.39, 0.29) is 16.6 Å². The second kappa shape index (κ2) is 2.44. The highest BCUT2D eigenvalue weighted by atomic mass is 16.7. The molecule has 0 radical (unpaired) electrons. The van der Waals surface area contributed by atoms with Crippen LogP contribution >= 0.6 is 0 Å². The Hall–Kier alpha value is -2.11. The summed E-state index contributed by atoms with van der Waals surface area (Å²) in [6.45, 7) is 0. The molecule has 2 rings (SSSR count). The van der Waals surface area contributed by atoms with Gasteiger partial charge in [-0.2, -0.15) is 0 Å². The van der Waals surface area contributed by atoms with E-state index in [4.69, 9.17) is 5.21 Å². The Morgan fingerprint density at radius 1 is 1.46 bits per heavy atom. The van der Waals surface area contributed by atoms with Crippen molar-refractivity contribution in [3.8, 4) is 0 Å². The van der Waals surface area contributed by atoms with E-state index in [1.54, 1.807) is 0 Å². The number of rotatable bonds is 1. The predicted molar refractivity (Wildman–Crippen MR) is 43.1 cm³/mol. The molecule has 6 nitrogen and oxygen atoms in total. The minimum atomic E-state index is -0.785. The number of hydrogen-bond donors (Lipinski definition) is 1. The molecule has 0 spiro atoms. The highest BCUT2D eigenvalue weighted by molar-refractivity contribution is 5.88. The maximum absolute atomic E-state index is 11.0. The molecule has 0 fully saturated rings. The van der Waals surface area contributed by atoms with Crippen LogP contribution in [0.1, 0.15) is 0 Å². The van der Waals surface area contributed by atoms with Gasteiger partial charge in [-0.25, -0.2) is 4.79 Å². The molecule has 0 aliphatic heterocycles. The highest BCUT2D eigenvalue weighted by Gasteiger charge is 2.12. The fraction of sp³-hybridized carbons (Fsp3) is 0. The summed E-state index contributed by atoms with van der Waals surface area (Å²) < 4.78 is 4.33. The molecular weight excluding hydrogens is 176 g/mol. The van der Waals surface area contributed by atoms with Gasteiger partial charge in [0.15, 0.2) is 0 Å². The highest BCUT2D eigenvalue weighted by Crippen LogP contribution is 2.22. The zero-order valence-electron chi connectivity index (χ0n) is 6.30. The first kappa shape index (κ1) is 7.53. The van der Waals surface area contributed by atoms with Gasteiger partial charge < -0.3 is 9.73 Å². The van der Waals surface area contributed by atoms with Gasteiger partial charge in [0.25, 0.3) is 0 Å². The summed E-state index contributed by atoms with van der Waals surface area (Å²) in [5, 5.41) is 11.6. The van der Waals surface area contributed by atoms with Crippen LogP contribution in [0.5, 0.6) is 0 Å². The summed E-state index contributed by atoms with van der Waals surface area (Å²) in [7, 11) is 0. The molecule has 1 aromatic carbocycles. The molecule has 0 atom stereocenters. The van der Waals surface area contributed by atoms with Crippen molar-refractivity contribution in [1.82, 2.24) is 4.90 Å². The monoisotopic (exact) mass is 180 g/mol. The lowest BCUT2D eigenvalue weighted by molar-refractivity contribution is 0.0142. The van der Waals surface area contributed by atoms with E-state index in [2.05, 4.69) is 9.70 Å². The van der Waals surface area contributed by atoms with E-state index in [1.165, 1.54) is 18.2 Å². The molecule has 0 aliphatic rings. The van der Waals surface area contributed by atoms with Gasteiger partial charge in [0.05, 0.1) is 0 Å². The van der Waals surface area contributed by atoms with Crippen molar-refractivity contribution in [3.63, 3.8) is 0 Å².